The van der Waals surface area contributed by atoms with E-state index in [2.05, 4.69) is 10.2 Å². The van der Waals surface area contributed by atoms with E-state index in [1.165, 1.54) is 12.8 Å². The van der Waals surface area contributed by atoms with Crippen LogP contribution in [-0.2, 0) is 19.1 Å². The van der Waals surface area contributed by atoms with Crippen molar-refractivity contribution in [3.05, 3.63) is 29.8 Å². The van der Waals surface area contributed by atoms with Crippen LogP contribution in [0.3, 0.4) is 0 Å². The van der Waals surface area contributed by atoms with Crippen molar-refractivity contribution in [3.8, 4) is 0 Å². The van der Waals surface area contributed by atoms with E-state index in [1.807, 2.05) is 38.1 Å². The second kappa shape index (κ2) is 11.9. The van der Waals surface area contributed by atoms with E-state index in [0.29, 0.717) is 37.8 Å². The second-order valence-corrected chi connectivity index (χ2v) is 12.4. The van der Waals surface area contributed by atoms with Gasteiger partial charge >= 0.3 is 0 Å². The van der Waals surface area contributed by atoms with Gasteiger partial charge in [-0.1, -0.05) is 33.1 Å². The Balaban J connectivity index is 1.28. The monoisotopic (exact) mass is 552 g/mol. The van der Waals surface area contributed by atoms with Gasteiger partial charge in [-0.2, -0.15) is 0 Å². The number of hydrogen-bond donors (Lipinski definition) is 1. The summed E-state index contributed by atoms with van der Waals surface area (Å²) in [5, 5.41) is 2.97. The Kier molecular flexibility index (Phi) is 8.50. The van der Waals surface area contributed by atoms with Crippen molar-refractivity contribution < 1.29 is 23.9 Å². The fraction of sp³-hybridized carbons (Fsp3) is 0.677. The van der Waals surface area contributed by atoms with Crippen LogP contribution in [0.2, 0.25) is 0 Å². The smallest absolute Gasteiger partial charge is 0.255 e. The van der Waals surface area contributed by atoms with Crippen LogP contribution in [0.5, 0.6) is 0 Å². The fourth-order valence-corrected chi connectivity index (χ4v) is 7.16. The third kappa shape index (κ3) is 5.49. The van der Waals surface area contributed by atoms with Crippen molar-refractivity contribution in [3.63, 3.8) is 0 Å². The minimum Gasteiger partial charge on any atom is -0.372 e. The van der Waals surface area contributed by atoms with Gasteiger partial charge in [0, 0.05) is 38.0 Å². The van der Waals surface area contributed by atoms with Crippen LogP contribution in [0.4, 0.5) is 5.69 Å². The molecule has 4 fully saturated rings. The number of anilines is 1. The Labute approximate surface area is 237 Å². The zero-order chi connectivity index (χ0) is 28.4. The Morgan fingerprint density at radius 3 is 2.27 bits per heavy atom. The quantitative estimate of drug-likeness (QED) is 0.532. The molecule has 9 nitrogen and oxygen atoms in total. The van der Waals surface area contributed by atoms with Crippen molar-refractivity contribution >= 4 is 29.2 Å². The van der Waals surface area contributed by atoms with Gasteiger partial charge in [0.1, 0.15) is 17.7 Å². The van der Waals surface area contributed by atoms with Crippen LogP contribution in [-0.4, -0.2) is 90.3 Å². The highest BCUT2D eigenvalue weighted by atomic mass is 16.5. The molecular formula is C31H44N4O5. The number of rotatable bonds is 8. The Morgan fingerprint density at radius 1 is 0.975 bits per heavy atom. The minimum absolute atomic E-state index is 0.00757. The Morgan fingerprint density at radius 2 is 1.65 bits per heavy atom. The lowest BCUT2D eigenvalue weighted by Crippen LogP contribution is -2.54. The number of fused-ring (bicyclic) bond motifs is 1. The summed E-state index contributed by atoms with van der Waals surface area (Å²) in [4.78, 5) is 59.7. The van der Waals surface area contributed by atoms with E-state index in [0.717, 1.165) is 38.0 Å². The molecule has 3 unspecified atom stereocenters. The number of benzene rings is 1. The molecule has 3 aliphatic heterocycles. The number of hydrogen-bond acceptors (Lipinski definition) is 6. The third-order valence-electron chi connectivity index (χ3n) is 9.32. The van der Waals surface area contributed by atoms with Gasteiger partial charge in [0.2, 0.25) is 5.91 Å². The summed E-state index contributed by atoms with van der Waals surface area (Å²) in [5.74, 6) is -0.607. The van der Waals surface area contributed by atoms with Crippen LogP contribution < -0.4 is 10.2 Å². The van der Waals surface area contributed by atoms with E-state index in [9.17, 15) is 19.2 Å². The lowest BCUT2D eigenvalue weighted by molar-refractivity contribution is -0.160. The molecule has 3 heterocycles. The number of methoxy groups -OCH3 is 1. The number of ether oxygens (including phenoxy) is 1. The van der Waals surface area contributed by atoms with E-state index in [4.69, 9.17) is 4.74 Å². The highest BCUT2D eigenvalue weighted by Crippen LogP contribution is 2.38. The summed E-state index contributed by atoms with van der Waals surface area (Å²) in [6.45, 7) is 6.48. The SMILES string of the molecule is COC1(C(=O)N2CC(=O)C3C2CCN3C(=O)C(CC(C)C)NC(=O)c2ccc(N3CCCC3)cc2)CCCCC1. The molecule has 4 aliphatic rings. The molecule has 1 aromatic rings. The van der Waals surface area contributed by atoms with Gasteiger partial charge in [-0.15, -0.1) is 0 Å². The first kappa shape index (κ1) is 28.6. The second-order valence-electron chi connectivity index (χ2n) is 12.4. The molecule has 3 amide bonds. The first-order chi connectivity index (χ1) is 19.2. The predicted molar refractivity (Wildman–Crippen MR) is 152 cm³/mol. The van der Waals surface area contributed by atoms with Crippen molar-refractivity contribution in [1.82, 2.24) is 15.1 Å². The standard InChI is InChI=1S/C31H44N4O5/c1-21(2)19-24(32-28(37)22-9-11-23(12-10-22)33-16-7-8-17-33)29(38)34-18-13-25-27(34)26(36)20-35(25)30(39)31(40-3)14-5-4-6-15-31/h9-12,21,24-25,27H,4-8,13-20H2,1-3H3,(H,32,37). The van der Waals surface area contributed by atoms with Gasteiger partial charge in [0.15, 0.2) is 5.78 Å². The number of Topliss-reactive ketones (excluding diaryl/α,β-unsaturated/α-hetero) is 1. The van der Waals surface area contributed by atoms with E-state index in [1.54, 1.807) is 16.9 Å². The number of amides is 3. The summed E-state index contributed by atoms with van der Waals surface area (Å²) < 4.78 is 5.78. The first-order valence-electron chi connectivity index (χ1n) is 15.1. The molecule has 218 valence electrons. The van der Waals surface area contributed by atoms with Crippen LogP contribution in [0.25, 0.3) is 0 Å². The lowest BCUT2D eigenvalue weighted by Gasteiger charge is -2.38. The van der Waals surface area contributed by atoms with Gasteiger partial charge in [-0.25, -0.2) is 0 Å². The summed E-state index contributed by atoms with van der Waals surface area (Å²) in [5.41, 5.74) is 0.743. The normalized spacial score (nSPS) is 24.9. The van der Waals surface area contributed by atoms with Crippen molar-refractivity contribution in [2.75, 3.05) is 38.2 Å². The number of ketones is 1. The Hall–Kier alpha value is -2.94. The molecule has 0 bridgehead atoms. The summed E-state index contributed by atoms with van der Waals surface area (Å²) in [6, 6.07) is 5.80. The lowest BCUT2D eigenvalue weighted by atomic mass is 9.83. The molecule has 9 heteroatoms. The van der Waals surface area contributed by atoms with Gasteiger partial charge in [-0.3, -0.25) is 19.2 Å². The van der Waals surface area contributed by atoms with Crippen molar-refractivity contribution in [1.29, 1.82) is 0 Å². The predicted octanol–water partition coefficient (Wildman–Crippen LogP) is 3.16. The number of carbonyl (C=O) groups is 4. The maximum absolute atomic E-state index is 13.9. The number of carbonyl (C=O) groups excluding carboxylic acids is 4. The molecule has 1 aliphatic carbocycles. The van der Waals surface area contributed by atoms with Crippen LogP contribution in [0, 0.1) is 5.92 Å². The third-order valence-corrected chi connectivity index (χ3v) is 9.32. The molecule has 0 aromatic heterocycles. The van der Waals surface area contributed by atoms with Crippen LogP contribution in [0.1, 0.15) is 82.0 Å². The van der Waals surface area contributed by atoms with E-state index < -0.39 is 17.7 Å². The molecule has 0 spiro atoms. The number of likely N-dealkylation sites (tertiary alicyclic amines) is 2. The fourth-order valence-electron chi connectivity index (χ4n) is 7.16. The minimum atomic E-state index is -0.872. The summed E-state index contributed by atoms with van der Waals surface area (Å²) >= 11 is 0. The van der Waals surface area contributed by atoms with Gasteiger partial charge in [-0.05, 0) is 68.7 Å². The highest BCUT2D eigenvalue weighted by Gasteiger charge is 2.55. The molecule has 0 radical (unpaired) electrons. The number of nitrogens with one attached hydrogen (secondary N) is 1. The first-order valence-corrected chi connectivity index (χ1v) is 15.1. The molecule has 40 heavy (non-hydrogen) atoms. The van der Waals surface area contributed by atoms with Crippen LogP contribution >= 0.6 is 0 Å². The average molecular weight is 553 g/mol. The Bertz CT molecular complexity index is 1110. The largest absolute Gasteiger partial charge is 0.372 e. The van der Waals surface area contributed by atoms with Gasteiger partial charge < -0.3 is 24.8 Å². The maximum Gasteiger partial charge on any atom is 0.255 e. The molecular weight excluding hydrogens is 508 g/mol. The average Bonchev–Trinajstić information content (AvgIpc) is 3.71. The van der Waals surface area contributed by atoms with Gasteiger partial charge in [0.05, 0.1) is 12.6 Å². The molecule has 1 N–H and O–H groups in total. The van der Waals surface area contributed by atoms with Gasteiger partial charge in [0.25, 0.3) is 11.8 Å². The molecule has 3 saturated heterocycles. The summed E-state index contributed by atoms with van der Waals surface area (Å²) in [6.07, 6.45) is 7.64. The van der Waals surface area contributed by atoms with E-state index in [-0.39, 0.29) is 42.0 Å². The zero-order valence-corrected chi connectivity index (χ0v) is 24.2. The number of nitrogens with zero attached hydrogens (tertiary/aromatic N) is 3. The van der Waals surface area contributed by atoms with E-state index >= 15 is 0 Å². The van der Waals surface area contributed by atoms with Crippen molar-refractivity contribution in [2.24, 2.45) is 5.92 Å². The van der Waals surface area contributed by atoms with Crippen molar-refractivity contribution in [2.45, 2.75) is 95.4 Å². The molecule has 1 aromatic carbocycles. The topological polar surface area (TPSA) is 99.3 Å². The highest BCUT2D eigenvalue weighted by molar-refractivity contribution is 6.01. The molecule has 1 saturated carbocycles. The summed E-state index contributed by atoms with van der Waals surface area (Å²) in [7, 11) is 1.59. The van der Waals surface area contributed by atoms with Crippen LogP contribution in [0.15, 0.2) is 24.3 Å². The molecule has 5 rings (SSSR count). The zero-order valence-electron chi connectivity index (χ0n) is 24.2. The molecule has 3 atom stereocenters. The maximum atomic E-state index is 13.9.